The summed E-state index contributed by atoms with van der Waals surface area (Å²) in [5.74, 6) is 0.916. The first kappa shape index (κ1) is 8.19. The maximum atomic E-state index is 5.52. The van der Waals surface area contributed by atoms with Crippen LogP contribution in [0.15, 0.2) is 18.2 Å². The molecule has 4 nitrogen and oxygen atoms in total. The second kappa shape index (κ2) is 3.14. The molecule has 0 aliphatic carbocycles. The van der Waals surface area contributed by atoms with Crippen LogP contribution < -0.4 is 5.73 Å². The summed E-state index contributed by atoms with van der Waals surface area (Å²) >= 11 is 0. The molecule has 0 saturated heterocycles. The van der Waals surface area contributed by atoms with E-state index in [4.69, 9.17) is 5.73 Å². The van der Waals surface area contributed by atoms with Crippen LogP contribution in [0.3, 0.4) is 0 Å². The van der Waals surface area contributed by atoms with E-state index >= 15 is 0 Å². The van der Waals surface area contributed by atoms with E-state index in [0.29, 0.717) is 6.54 Å². The SMILES string of the molecule is Cc1nnc2cccc(CCN)n12. The minimum absolute atomic E-state index is 0.650. The fourth-order valence-corrected chi connectivity index (χ4v) is 1.50. The predicted octanol–water partition coefficient (Wildman–Crippen LogP) is 0.539. The van der Waals surface area contributed by atoms with Crippen molar-refractivity contribution in [1.29, 1.82) is 0 Å². The Morgan fingerprint density at radius 1 is 1.38 bits per heavy atom. The smallest absolute Gasteiger partial charge is 0.160 e. The molecule has 2 rings (SSSR count). The van der Waals surface area contributed by atoms with Crippen LogP contribution in [0, 0.1) is 6.92 Å². The molecule has 0 aliphatic rings. The van der Waals surface area contributed by atoms with Crippen molar-refractivity contribution in [3.63, 3.8) is 0 Å². The second-order valence-corrected chi connectivity index (χ2v) is 3.00. The van der Waals surface area contributed by atoms with Crippen molar-refractivity contribution in [3.8, 4) is 0 Å². The molecule has 0 radical (unpaired) electrons. The van der Waals surface area contributed by atoms with Crippen LogP contribution in [-0.4, -0.2) is 21.1 Å². The van der Waals surface area contributed by atoms with Gasteiger partial charge in [0.05, 0.1) is 0 Å². The molecule has 0 amide bonds. The molecule has 2 heterocycles. The number of nitrogens with zero attached hydrogens (tertiary/aromatic N) is 3. The van der Waals surface area contributed by atoms with E-state index in [0.717, 1.165) is 17.9 Å². The van der Waals surface area contributed by atoms with E-state index in [1.807, 2.05) is 23.5 Å². The van der Waals surface area contributed by atoms with Crippen molar-refractivity contribution < 1.29 is 0 Å². The minimum atomic E-state index is 0.650. The van der Waals surface area contributed by atoms with Crippen LogP contribution in [0.4, 0.5) is 0 Å². The lowest BCUT2D eigenvalue weighted by Gasteiger charge is -2.03. The molecule has 68 valence electrons. The average molecular weight is 176 g/mol. The summed E-state index contributed by atoms with van der Waals surface area (Å²) < 4.78 is 2.03. The number of aromatic nitrogens is 3. The molecular weight excluding hydrogens is 164 g/mol. The van der Waals surface area contributed by atoms with Gasteiger partial charge in [-0.25, -0.2) is 0 Å². The van der Waals surface area contributed by atoms with Gasteiger partial charge < -0.3 is 5.73 Å². The highest BCUT2D eigenvalue weighted by molar-refractivity contribution is 5.39. The summed E-state index contributed by atoms with van der Waals surface area (Å²) in [5.41, 5.74) is 7.58. The summed E-state index contributed by atoms with van der Waals surface area (Å²) in [5, 5.41) is 8.04. The Balaban J connectivity index is 2.65. The number of fused-ring (bicyclic) bond motifs is 1. The van der Waals surface area contributed by atoms with Crippen LogP contribution in [0.5, 0.6) is 0 Å². The summed E-state index contributed by atoms with van der Waals surface area (Å²) in [6.45, 7) is 2.59. The number of pyridine rings is 1. The number of rotatable bonds is 2. The van der Waals surface area contributed by atoms with Crippen LogP contribution in [0.25, 0.3) is 5.65 Å². The summed E-state index contributed by atoms with van der Waals surface area (Å²) in [7, 11) is 0. The van der Waals surface area contributed by atoms with Gasteiger partial charge in [-0.3, -0.25) is 4.40 Å². The Morgan fingerprint density at radius 2 is 2.23 bits per heavy atom. The minimum Gasteiger partial charge on any atom is -0.330 e. The van der Waals surface area contributed by atoms with Gasteiger partial charge >= 0.3 is 0 Å². The number of nitrogens with two attached hydrogens (primary N) is 1. The first-order chi connectivity index (χ1) is 6.33. The first-order valence-corrected chi connectivity index (χ1v) is 4.32. The molecule has 0 aliphatic heterocycles. The van der Waals surface area contributed by atoms with E-state index in [1.165, 1.54) is 5.69 Å². The zero-order valence-electron chi connectivity index (χ0n) is 7.57. The van der Waals surface area contributed by atoms with Gasteiger partial charge in [0.15, 0.2) is 5.65 Å². The third-order valence-corrected chi connectivity index (χ3v) is 2.07. The molecule has 0 bridgehead atoms. The van der Waals surface area contributed by atoms with E-state index in [1.54, 1.807) is 0 Å². The number of hydrogen-bond acceptors (Lipinski definition) is 3. The Kier molecular flexibility index (Phi) is 1.98. The van der Waals surface area contributed by atoms with Crippen molar-refractivity contribution in [2.45, 2.75) is 13.3 Å². The molecule has 13 heavy (non-hydrogen) atoms. The molecule has 0 atom stereocenters. The highest BCUT2D eigenvalue weighted by Crippen LogP contribution is 2.07. The lowest BCUT2D eigenvalue weighted by Crippen LogP contribution is -2.07. The Hall–Kier alpha value is -1.42. The van der Waals surface area contributed by atoms with Crippen molar-refractivity contribution >= 4 is 5.65 Å². The van der Waals surface area contributed by atoms with Gasteiger partial charge in [-0.1, -0.05) is 6.07 Å². The third kappa shape index (κ3) is 1.29. The lowest BCUT2D eigenvalue weighted by molar-refractivity contribution is 0.872. The average Bonchev–Trinajstić information content (AvgIpc) is 2.50. The number of hydrogen-bond donors (Lipinski definition) is 1. The summed E-state index contributed by atoms with van der Waals surface area (Å²) in [4.78, 5) is 0. The molecule has 0 fully saturated rings. The van der Waals surface area contributed by atoms with Crippen LogP contribution in [0.2, 0.25) is 0 Å². The third-order valence-electron chi connectivity index (χ3n) is 2.07. The monoisotopic (exact) mass is 176 g/mol. The van der Waals surface area contributed by atoms with E-state index in [2.05, 4.69) is 16.3 Å². The largest absolute Gasteiger partial charge is 0.330 e. The molecule has 4 heteroatoms. The van der Waals surface area contributed by atoms with Crippen LogP contribution in [-0.2, 0) is 6.42 Å². The summed E-state index contributed by atoms with van der Waals surface area (Å²) in [6, 6.07) is 5.98. The quantitative estimate of drug-likeness (QED) is 0.726. The zero-order chi connectivity index (χ0) is 9.26. The first-order valence-electron chi connectivity index (χ1n) is 4.32. The van der Waals surface area contributed by atoms with Gasteiger partial charge in [0.2, 0.25) is 0 Å². The number of aryl methyl sites for hydroxylation is 1. The molecule has 0 saturated carbocycles. The van der Waals surface area contributed by atoms with Crippen molar-refractivity contribution in [2.75, 3.05) is 6.54 Å². The summed E-state index contributed by atoms with van der Waals surface area (Å²) in [6.07, 6.45) is 0.857. The lowest BCUT2D eigenvalue weighted by atomic mass is 10.2. The van der Waals surface area contributed by atoms with Crippen LogP contribution >= 0.6 is 0 Å². The maximum absolute atomic E-state index is 5.52. The van der Waals surface area contributed by atoms with Gasteiger partial charge in [-0.2, -0.15) is 0 Å². The van der Waals surface area contributed by atoms with Crippen molar-refractivity contribution in [2.24, 2.45) is 5.73 Å². The molecule has 2 aromatic rings. The Bertz CT molecular complexity index is 418. The Labute approximate surface area is 76.4 Å². The van der Waals surface area contributed by atoms with Gasteiger partial charge in [0.25, 0.3) is 0 Å². The highest BCUT2D eigenvalue weighted by Gasteiger charge is 2.03. The van der Waals surface area contributed by atoms with E-state index < -0.39 is 0 Å². The van der Waals surface area contributed by atoms with E-state index in [-0.39, 0.29) is 0 Å². The van der Waals surface area contributed by atoms with Gasteiger partial charge in [0, 0.05) is 12.1 Å². The van der Waals surface area contributed by atoms with Gasteiger partial charge in [0.1, 0.15) is 5.82 Å². The zero-order valence-corrected chi connectivity index (χ0v) is 7.57. The van der Waals surface area contributed by atoms with Crippen LogP contribution in [0.1, 0.15) is 11.5 Å². The van der Waals surface area contributed by atoms with Crippen molar-refractivity contribution in [3.05, 3.63) is 29.7 Å². The molecule has 2 aromatic heterocycles. The molecule has 0 unspecified atom stereocenters. The molecule has 0 aromatic carbocycles. The normalized spacial score (nSPS) is 10.9. The van der Waals surface area contributed by atoms with Crippen molar-refractivity contribution in [1.82, 2.24) is 14.6 Å². The van der Waals surface area contributed by atoms with E-state index in [9.17, 15) is 0 Å². The van der Waals surface area contributed by atoms with Gasteiger partial charge in [-0.05, 0) is 25.6 Å². The standard InChI is InChI=1S/C9H12N4/c1-7-11-12-9-4-2-3-8(5-6-10)13(7)9/h2-4H,5-6,10H2,1H3. The van der Waals surface area contributed by atoms with Gasteiger partial charge in [-0.15, -0.1) is 10.2 Å². The Morgan fingerprint density at radius 3 is 3.00 bits per heavy atom. The molecule has 0 spiro atoms. The topological polar surface area (TPSA) is 56.2 Å². The fourth-order valence-electron chi connectivity index (χ4n) is 1.50. The highest BCUT2D eigenvalue weighted by atomic mass is 15.2. The predicted molar refractivity (Wildman–Crippen MR) is 50.5 cm³/mol. The fraction of sp³-hybridized carbons (Fsp3) is 0.333. The second-order valence-electron chi connectivity index (χ2n) is 3.00. The maximum Gasteiger partial charge on any atom is 0.160 e. The molecular formula is C9H12N4. The molecule has 2 N–H and O–H groups in total.